The van der Waals surface area contributed by atoms with Crippen molar-refractivity contribution in [2.45, 2.75) is 46.5 Å². The van der Waals surface area contributed by atoms with Gasteiger partial charge in [0.15, 0.2) is 0 Å². The normalized spacial score (nSPS) is 26.2. The van der Waals surface area contributed by atoms with Crippen LogP contribution in [-0.4, -0.2) is 36.1 Å². The molecule has 3 nitrogen and oxygen atoms in total. The Morgan fingerprint density at radius 2 is 1.76 bits per heavy atom. The van der Waals surface area contributed by atoms with E-state index in [1.165, 1.54) is 25.7 Å². The van der Waals surface area contributed by atoms with Crippen molar-refractivity contribution in [3.05, 3.63) is 0 Å². The molecule has 0 amide bonds. The van der Waals surface area contributed by atoms with Crippen LogP contribution in [0.2, 0.25) is 0 Å². The van der Waals surface area contributed by atoms with Crippen LogP contribution in [0.5, 0.6) is 0 Å². The molecule has 0 unspecified atom stereocenters. The lowest BCUT2D eigenvalue weighted by Crippen LogP contribution is -2.34. The van der Waals surface area contributed by atoms with Crippen molar-refractivity contribution in [2.24, 2.45) is 17.3 Å². The van der Waals surface area contributed by atoms with Crippen LogP contribution in [0.3, 0.4) is 0 Å². The summed E-state index contributed by atoms with van der Waals surface area (Å²) >= 11 is 0. The molecule has 1 fully saturated rings. The first-order valence-electron chi connectivity index (χ1n) is 6.69. The molecular formula is C14H27NO2. The van der Waals surface area contributed by atoms with Gasteiger partial charge in [-0.2, -0.15) is 0 Å². The van der Waals surface area contributed by atoms with E-state index < -0.39 is 5.97 Å². The summed E-state index contributed by atoms with van der Waals surface area (Å²) in [6.45, 7) is 8.08. The predicted octanol–water partition coefficient (Wildman–Crippen LogP) is 2.86. The number of carboxylic acid groups (broad SMARTS) is 1. The van der Waals surface area contributed by atoms with Crippen LogP contribution in [0.15, 0.2) is 0 Å². The summed E-state index contributed by atoms with van der Waals surface area (Å²) in [6.07, 6.45) is 5.11. The quantitative estimate of drug-likeness (QED) is 0.822. The summed E-state index contributed by atoms with van der Waals surface area (Å²) in [4.78, 5) is 12.5. The van der Waals surface area contributed by atoms with Crippen LogP contribution in [0.1, 0.15) is 46.5 Å². The summed E-state index contributed by atoms with van der Waals surface area (Å²) in [7, 11) is 1.91. The largest absolute Gasteiger partial charge is 0.480 e. The highest BCUT2D eigenvalue weighted by molar-refractivity contribution is 5.68. The van der Waals surface area contributed by atoms with E-state index in [0.717, 1.165) is 12.5 Å². The molecule has 1 aliphatic rings. The summed E-state index contributed by atoms with van der Waals surface area (Å²) in [5.41, 5.74) is 0.429. The summed E-state index contributed by atoms with van der Waals surface area (Å²) < 4.78 is 0. The summed E-state index contributed by atoms with van der Waals surface area (Å²) in [5.74, 6) is 0.803. The fraction of sp³-hybridized carbons (Fsp3) is 0.929. The minimum Gasteiger partial charge on any atom is -0.480 e. The lowest BCUT2D eigenvalue weighted by atomic mass is 9.70. The number of carbonyl (C=O) groups is 1. The highest BCUT2D eigenvalue weighted by Crippen LogP contribution is 2.39. The van der Waals surface area contributed by atoms with Gasteiger partial charge in [0.1, 0.15) is 0 Å². The smallest absolute Gasteiger partial charge is 0.317 e. The number of likely N-dealkylation sites (N-methyl/N-ethyl adjacent to an activating group) is 1. The van der Waals surface area contributed by atoms with E-state index in [1.807, 2.05) is 11.9 Å². The molecule has 0 radical (unpaired) electrons. The zero-order chi connectivity index (χ0) is 13.1. The second-order valence-corrected chi connectivity index (χ2v) is 6.67. The molecule has 0 atom stereocenters. The van der Waals surface area contributed by atoms with Gasteiger partial charge in [0.25, 0.3) is 0 Å². The van der Waals surface area contributed by atoms with Gasteiger partial charge in [0.2, 0.25) is 0 Å². The fourth-order valence-electron chi connectivity index (χ4n) is 2.95. The Kier molecular flexibility index (Phi) is 4.99. The zero-order valence-electron chi connectivity index (χ0n) is 11.7. The molecule has 0 bridgehead atoms. The minimum absolute atomic E-state index is 0.166. The Morgan fingerprint density at radius 3 is 2.18 bits per heavy atom. The van der Waals surface area contributed by atoms with Gasteiger partial charge in [-0.3, -0.25) is 9.69 Å². The molecule has 0 saturated heterocycles. The van der Waals surface area contributed by atoms with Crippen LogP contribution in [0, 0.1) is 17.3 Å². The minimum atomic E-state index is -0.726. The SMILES string of the molecule is CN(CC(=O)O)CC1CCC(C(C)(C)C)CC1. The lowest BCUT2D eigenvalue weighted by Gasteiger charge is -2.37. The number of hydrogen-bond donors (Lipinski definition) is 1. The monoisotopic (exact) mass is 241 g/mol. The molecule has 1 aliphatic carbocycles. The Morgan fingerprint density at radius 1 is 1.24 bits per heavy atom. The number of rotatable bonds is 4. The number of nitrogens with zero attached hydrogens (tertiary/aromatic N) is 1. The van der Waals surface area contributed by atoms with Crippen LogP contribution in [0.25, 0.3) is 0 Å². The Bertz CT molecular complexity index is 249. The molecule has 0 aromatic carbocycles. The Balaban J connectivity index is 2.30. The first kappa shape index (κ1) is 14.5. The molecule has 0 aliphatic heterocycles. The van der Waals surface area contributed by atoms with Gasteiger partial charge in [-0.05, 0) is 50.0 Å². The van der Waals surface area contributed by atoms with Crippen LogP contribution in [-0.2, 0) is 4.79 Å². The van der Waals surface area contributed by atoms with Crippen molar-refractivity contribution < 1.29 is 9.90 Å². The molecule has 0 aromatic rings. The van der Waals surface area contributed by atoms with E-state index in [2.05, 4.69) is 20.8 Å². The summed E-state index contributed by atoms with van der Waals surface area (Å²) in [6, 6.07) is 0. The van der Waals surface area contributed by atoms with Crippen molar-refractivity contribution in [1.82, 2.24) is 4.90 Å². The molecule has 1 N–H and O–H groups in total. The van der Waals surface area contributed by atoms with E-state index in [4.69, 9.17) is 5.11 Å². The maximum atomic E-state index is 10.6. The number of hydrogen-bond acceptors (Lipinski definition) is 2. The zero-order valence-corrected chi connectivity index (χ0v) is 11.7. The highest BCUT2D eigenvalue weighted by Gasteiger charge is 2.29. The van der Waals surface area contributed by atoms with Gasteiger partial charge < -0.3 is 5.11 Å². The van der Waals surface area contributed by atoms with Crippen molar-refractivity contribution in [2.75, 3.05) is 20.1 Å². The van der Waals surface area contributed by atoms with Crippen molar-refractivity contribution in [3.63, 3.8) is 0 Å². The van der Waals surface area contributed by atoms with E-state index in [-0.39, 0.29) is 6.54 Å². The number of aliphatic carboxylic acids is 1. The van der Waals surface area contributed by atoms with Gasteiger partial charge in [0, 0.05) is 6.54 Å². The maximum Gasteiger partial charge on any atom is 0.317 e. The van der Waals surface area contributed by atoms with Crippen molar-refractivity contribution >= 4 is 5.97 Å². The lowest BCUT2D eigenvalue weighted by molar-refractivity contribution is -0.138. The van der Waals surface area contributed by atoms with Crippen molar-refractivity contribution in [1.29, 1.82) is 0 Å². The summed E-state index contributed by atoms with van der Waals surface area (Å²) in [5, 5.41) is 8.72. The van der Waals surface area contributed by atoms with Crippen LogP contribution >= 0.6 is 0 Å². The van der Waals surface area contributed by atoms with Gasteiger partial charge in [-0.1, -0.05) is 20.8 Å². The molecule has 1 rings (SSSR count). The van der Waals surface area contributed by atoms with Crippen molar-refractivity contribution in [3.8, 4) is 0 Å². The van der Waals surface area contributed by atoms with Crippen LogP contribution < -0.4 is 0 Å². The highest BCUT2D eigenvalue weighted by atomic mass is 16.4. The first-order chi connectivity index (χ1) is 7.79. The Hall–Kier alpha value is -0.570. The fourth-order valence-corrected chi connectivity index (χ4v) is 2.95. The third-order valence-electron chi connectivity index (χ3n) is 4.05. The second-order valence-electron chi connectivity index (χ2n) is 6.67. The van der Waals surface area contributed by atoms with Gasteiger partial charge in [-0.15, -0.1) is 0 Å². The average Bonchev–Trinajstić information content (AvgIpc) is 2.15. The molecule has 0 spiro atoms. The van der Waals surface area contributed by atoms with E-state index >= 15 is 0 Å². The maximum absolute atomic E-state index is 10.6. The predicted molar refractivity (Wildman–Crippen MR) is 70.0 cm³/mol. The third-order valence-corrected chi connectivity index (χ3v) is 4.05. The molecule has 100 valence electrons. The molecular weight excluding hydrogens is 214 g/mol. The van der Waals surface area contributed by atoms with E-state index in [9.17, 15) is 4.79 Å². The van der Waals surface area contributed by atoms with E-state index in [0.29, 0.717) is 11.3 Å². The van der Waals surface area contributed by atoms with Gasteiger partial charge in [0.05, 0.1) is 6.54 Å². The molecule has 0 heterocycles. The van der Waals surface area contributed by atoms with Crippen LogP contribution in [0.4, 0.5) is 0 Å². The van der Waals surface area contributed by atoms with Gasteiger partial charge in [-0.25, -0.2) is 0 Å². The standard InChI is InChI=1S/C14H27NO2/c1-14(2,3)12-7-5-11(6-8-12)9-15(4)10-13(16)17/h11-12H,5-10H2,1-4H3,(H,16,17). The van der Waals surface area contributed by atoms with E-state index in [1.54, 1.807) is 0 Å². The average molecular weight is 241 g/mol. The molecule has 3 heteroatoms. The first-order valence-corrected chi connectivity index (χ1v) is 6.69. The topological polar surface area (TPSA) is 40.5 Å². The number of carboxylic acids is 1. The molecule has 1 saturated carbocycles. The van der Waals surface area contributed by atoms with Gasteiger partial charge >= 0.3 is 5.97 Å². The molecule has 0 aromatic heterocycles. The molecule has 17 heavy (non-hydrogen) atoms. The second kappa shape index (κ2) is 5.85. The Labute approximate surface area is 105 Å². The third kappa shape index (κ3) is 5.07.